The van der Waals surface area contributed by atoms with Crippen molar-refractivity contribution in [2.45, 2.75) is 12.2 Å². The molecule has 16 heavy (non-hydrogen) atoms. The highest BCUT2D eigenvalue weighted by molar-refractivity contribution is 5.82. The maximum atomic E-state index is 10.5. The van der Waals surface area contributed by atoms with Crippen LogP contribution < -0.4 is 5.32 Å². The van der Waals surface area contributed by atoms with E-state index in [2.05, 4.69) is 15.3 Å². The fourth-order valence-electron chi connectivity index (χ4n) is 1.14. The molecule has 7 nitrogen and oxygen atoms in total. The van der Waals surface area contributed by atoms with Crippen LogP contribution in [-0.4, -0.2) is 51.0 Å². The quantitative estimate of drug-likeness (QED) is 0.498. The fourth-order valence-corrected chi connectivity index (χ4v) is 1.14. The summed E-state index contributed by atoms with van der Waals surface area (Å²) >= 11 is 0. The van der Waals surface area contributed by atoms with Crippen molar-refractivity contribution in [3.05, 3.63) is 23.8 Å². The Bertz CT molecular complexity index is 354. The molecular weight excluding hydrogens is 214 g/mol. The summed E-state index contributed by atoms with van der Waals surface area (Å²) < 4.78 is 0. The molecule has 0 aliphatic carbocycles. The monoisotopic (exact) mass is 227 g/mol. The van der Waals surface area contributed by atoms with Gasteiger partial charge in [0.05, 0.1) is 6.10 Å². The maximum absolute atomic E-state index is 10.5. The Labute approximate surface area is 91.8 Å². The third kappa shape index (κ3) is 2.96. The molecule has 88 valence electrons. The van der Waals surface area contributed by atoms with E-state index < -0.39 is 18.2 Å². The minimum Gasteiger partial charge on any atom is -0.475 e. The van der Waals surface area contributed by atoms with Gasteiger partial charge in [-0.05, 0) is 7.05 Å². The highest BCUT2D eigenvalue weighted by atomic mass is 16.4. The first-order valence-electron chi connectivity index (χ1n) is 4.62. The van der Waals surface area contributed by atoms with Crippen molar-refractivity contribution in [1.29, 1.82) is 0 Å². The lowest BCUT2D eigenvalue weighted by Crippen LogP contribution is -2.29. The van der Waals surface area contributed by atoms with Gasteiger partial charge in [0.25, 0.3) is 0 Å². The normalized spacial score (nSPS) is 14.4. The fraction of sp³-hybridized carbons (Fsp3) is 0.444. The van der Waals surface area contributed by atoms with Crippen molar-refractivity contribution >= 4 is 5.97 Å². The Hall–Kier alpha value is -1.57. The Kier molecular flexibility index (Phi) is 4.29. The minimum atomic E-state index is -1.24. The van der Waals surface area contributed by atoms with E-state index in [0.717, 1.165) is 0 Å². The van der Waals surface area contributed by atoms with Crippen LogP contribution in [0.3, 0.4) is 0 Å². The summed E-state index contributed by atoms with van der Waals surface area (Å²) in [4.78, 5) is 17.6. The van der Waals surface area contributed by atoms with Crippen molar-refractivity contribution in [1.82, 2.24) is 15.3 Å². The van der Waals surface area contributed by atoms with E-state index in [1.807, 2.05) is 0 Å². The number of carbonyl (C=O) groups is 1. The second-order valence-electron chi connectivity index (χ2n) is 3.22. The van der Waals surface area contributed by atoms with E-state index in [1.165, 1.54) is 12.4 Å². The molecule has 0 bridgehead atoms. The number of hydrogen-bond acceptors (Lipinski definition) is 6. The van der Waals surface area contributed by atoms with Crippen LogP contribution >= 0.6 is 0 Å². The lowest BCUT2D eigenvalue weighted by Gasteiger charge is -2.16. The third-order valence-corrected chi connectivity index (χ3v) is 1.98. The minimum absolute atomic E-state index is 0.210. The molecule has 1 aromatic heterocycles. The molecule has 1 rings (SSSR count). The number of carboxylic acids is 1. The van der Waals surface area contributed by atoms with Crippen molar-refractivity contribution < 1.29 is 20.1 Å². The van der Waals surface area contributed by atoms with Gasteiger partial charge in [-0.2, -0.15) is 0 Å². The van der Waals surface area contributed by atoms with Gasteiger partial charge < -0.3 is 20.6 Å². The molecule has 0 radical (unpaired) electrons. The molecule has 2 unspecified atom stereocenters. The van der Waals surface area contributed by atoms with Crippen molar-refractivity contribution in [2.24, 2.45) is 0 Å². The molecule has 0 aliphatic heterocycles. The Balaban J connectivity index is 2.77. The van der Waals surface area contributed by atoms with Gasteiger partial charge in [0.1, 0.15) is 6.10 Å². The van der Waals surface area contributed by atoms with Crippen molar-refractivity contribution in [3.8, 4) is 0 Å². The third-order valence-electron chi connectivity index (χ3n) is 1.98. The van der Waals surface area contributed by atoms with Crippen LogP contribution in [0, 0.1) is 0 Å². The van der Waals surface area contributed by atoms with Gasteiger partial charge >= 0.3 is 5.97 Å². The maximum Gasteiger partial charge on any atom is 0.373 e. The van der Waals surface area contributed by atoms with Crippen LogP contribution in [0.5, 0.6) is 0 Å². The summed E-state index contributed by atoms with van der Waals surface area (Å²) in [5, 5.41) is 30.4. The zero-order valence-corrected chi connectivity index (χ0v) is 8.66. The lowest BCUT2D eigenvalue weighted by atomic mass is 10.1. The van der Waals surface area contributed by atoms with Crippen molar-refractivity contribution in [2.75, 3.05) is 13.6 Å². The molecule has 0 spiro atoms. The van der Waals surface area contributed by atoms with E-state index in [9.17, 15) is 15.0 Å². The van der Waals surface area contributed by atoms with Gasteiger partial charge in [-0.3, -0.25) is 0 Å². The van der Waals surface area contributed by atoms with Gasteiger partial charge in [-0.25, -0.2) is 14.8 Å². The van der Waals surface area contributed by atoms with E-state index in [-0.39, 0.29) is 17.9 Å². The Morgan fingerprint density at radius 1 is 1.44 bits per heavy atom. The summed E-state index contributed by atoms with van der Waals surface area (Å²) in [6.45, 7) is 0.210. The number of rotatable bonds is 5. The molecule has 0 aliphatic rings. The average Bonchev–Trinajstić information content (AvgIpc) is 2.28. The highest BCUT2D eigenvalue weighted by Crippen LogP contribution is 2.14. The Morgan fingerprint density at radius 2 is 2.00 bits per heavy atom. The van der Waals surface area contributed by atoms with Gasteiger partial charge in [0.2, 0.25) is 5.82 Å². The molecule has 4 N–H and O–H groups in total. The van der Waals surface area contributed by atoms with Gasteiger partial charge in [-0.1, -0.05) is 0 Å². The van der Waals surface area contributed by atoms with Crippen LogP contribution in [0.2, 0.25) is 0 Å². The number of likely N-dealkylation sites (N-methyl/N-ethyl adjacent to an activating group) is 1. The van der Waals surface area contributed by atoms with Crippen LogP contribution in [0.15, 0.2) is 12.4 Å². The van der Waals surface area contributed by atoms with Crippen molar-refractivity contribution in [3.63, 3.8) is 0 Å². The first-order valence-corrected chi connectivity index (χ1v) is 4.62. The highest BCUT2D eigenvalue weighted by Gasteiger charge is 2.18. The topological polar surface area (TPSA) is 116 Å². The number of nitrogens with one attached hydrogen (secondary N) is 1. The molecule has 0 saturated carbocycles. The first-order chi connectivity index (χ1) is 7.56. The van der Waals surface area contributed by atoms with Crippen LogP contribution in [-0.2, 0) is 0 Å². The number of aromatic nitrogens is 2. The lowest BCUT2D eigenvalue weighted by molar-refractivity contribution is 0.0197. The van der Waals surface area contributed by atoms with Crippen LogP contribution in [0.25, 0.3) is 0 Å². The predicted molar refractivity (Wildman–Crippen MR) is 53.9 cm³/mol. The van der Waals surface area contributed by atoms with Crippen LogP contribution in [0.4, 0.5) is 0 Å². The molecule has 2 atom stereocenters. The SMILES string of the molecule is CNCC(O)C(O)c1cnc(C(=O)O)nc1. The number of hydrogen-bond donors (Lipinski definition) is 4. The predicted octanol–water partition coefficient (Wildman–Crippen LogP) is -1.21. The van der Waals surface area contributed by atoms with E-state index in [0.29, 0.717) is 0 Å². The molecule has 1 heterocycles. The molecule has 0 amide bonds. The zero-order valence-electron chi connectivity index (χ0n) is 8.66. The summed E-state index contributed by atoms with van der Waals surface area (Å²) in [5.41, 5.74) is 0.271. The first kappa shape index (κ1) is 12.5. The van der Waals surface area contributed by atoms with E-state index in [1.54, 1.807) is 7.05 Å². The average molecular weight is 227 g/mol. The summed E-state index contributed by atoms with van der Waals surface area (Å²) in [6.07, 6.45) is 0.222. The smallest absolute Gasteiger partial charge is 0.373 e. The summed E-state index contributed by atoms with van der Waals surface area (Å²) in [6, 6.07) is 0. The number of carboxylic acid groups (broad SMARTS) is 1. The summed E-state index contributed by atoms with van der Waals surface area (Å²) in [7, 11) is 1.64. The van der Waals surface area contributed by atoms with E-state index in [4.69, 9.17) is 5.11 Å². The molecule has 7 heteroatoms. The second kappa shape index (κ2) is 5.50. The summed E-state index contributed by atoms with van der Waals surface area (Å²) in [5.74, 6) is -1.59. The van der Waals surface area contributed by atoms with Gasteiger partial charge in [0.15, 0.2) is 0 Å². The number of aromatic carboxylic acids is 1. The number of nitrogens with zero attached hydrogens (tertiary/aromatic N) is 2. The molecule has 1 aromatic rings. The number of aliphatic hydroxyl groups excluding tert-OH is 2. The van der Waals surface area contributed by atoms with Gasteiger partial charge in [0, 0.05) is 24.5 Å². The zero-order chi connectivity index (χ0) is 12.1. The van der Waals surface area contributed by atoms with Gasteiger partial charge in [-0.15, -0.1) is 0 Å². The van der Waals surface area contributed by atoms with E-state index >= 15 is 0 Å². The number of aliphatic hydroxyl groups is 2. The van der Waals surface area contributed by atoms with Crippen LogP contribution in [0.1, 0.15) is 22.3 Å². The molecule has 0 saturated heterocycles. The Morgan fingerprint density at radius 3 is 2.44 bits per heavy atom. The standard InChI is InChI=1S/C9H13N3O4/c1-10-4-6(13)7(14)5-2-11-8(9(15)16)12-3-5/h2-3,6-7,10,13-14H,4H2,1H3,(H,15,16). The molecule has 0 aromatic carbocycles. The largest absolute Gasteiger partial charge is 0.475 e. The molecular formula is C9H13N3O4. The second-order valence-corrected chi connectivity index (χ2v) is 3.22. The molecule has 0 fully saturated rings.